The molecule has 0 spiro atoms. The van der Waals surface area contributed by atoms with Crippen LogP contribution in [-0.4, -0.2) is 33.1 Å². The van der Waals surface area contributed by atoms with Crippen molar-refractivity contribution in [2.24, 2.45) is 0 Å². The molecule has 2 aromatic rings. The van der Waals surface area contributed by atoms with Crippen LogP contribution in [0.25, 0.3) is 0 Å². The average Bonchev–Trinajstić information content (AvgIpc) is 2.75. The molecule has 1 unspecified atom stereocenters. The molecule has 164 valence electrons. The number of carboxylic acids is 1. The molecule has 2 aromatic carbocycles. The number of anilines is 1. The summed E-state index contributed by atoms with van der Waals surface area (Å²) in [7, 11) is -2.04. The van der Waals surface area contributed by atoms with Gasteiger partial charge in [0.1, 0.15) is 0 Å². The number of carboxylic acid groups (broad SMARTS) is 1. The average molecular weight is 565 g/mol. The van der Waals surface area contributed by atoms with Crippen LogP contribution in [0.2, 0.25) is 0 Å². The number of para-hydroxylation sites is 1. The summed E-state index contributed by atoms with van der Waals surface area (Å²) >= 11 is 2.14. The number of sulfonamides is 1. The molecule has 0 aromatic heterocycles. The van der Waals surface area contributed by atoms with Crippen LogP contribution in [0.5, 0.6) is 0 Å². The summed E-state index contributed by atoms with van der Waals surface area (Å²) in [6.07, 6.45) is 3.61. The van der Waals surface area contributed by atoms with Crippen molar-refractivity contribution in [3.05, 3.63) is 57.2 Å². The minimum atomic E-state index is -3.64. The lowest BCUT2D eigenvalue weighted by atomic mass is 9.96. The van der Waals surface area contributed by atoms with Crippen molar-refractivity contribution in [3.8, 4) is 0 Å². The molecule has 1 atom stereocenters. The van der Waals surface area contributed by atoms with Gasteiger partial charge in [-0.25, -0.2) is 8.42 Å². The van der Waals surface area contributed by atoms with Gasteiger partial charge in [0.2, 0.25) is 0 Å². The van der Waals surface area contributed by atoms with Gasteiger partial charge in [-0.15, -0.1) is 12.4 Å². The molecule has 3 rings (SSSR count). The predicted molar refractivity (Wildman–Crippen MR) is 129 cm³/mol. The number of fused-ring (bicyclic) bond motifs is 2. The van der Waals surface area contributed by atoms with E-state index in [9.17, 15) is 13.2 Å². The van der Waals surface area contributed by atoms with E-state index in [0.29, 0.717) is 17.0 Å². The van der Waals surface area contributed by atoms with Gasteiger partial charge in [0.15, 0.2) is 0 Å². The topological polar surface area (TPSA) is 86.7 Å². The largest absolute Gasteiger partial charge is 0.481 e. The Hall–Kier alpha value is -1.36. The standard InChI is InChI=1S/C21H25IN2O4S.ClH/c1-24-18-9-6-5-8-16(18)21(23-13-7-3-2-4-10-20(25)26)17-12-11-15(22)14-19(17)29(24,27)28;/h5-6,8-9,11-12,14,21,23H,2-4,7,10,13H2,1H3,(H,25,26);1H. The lowest BCUT2D eigenvalue weighted by Crippen LogP contribution is -2.26. The number of halogens is 2. The zero-order chi connectivity index (χ0) is 21.0. The van der Waals surface area contributed by atoms with Gasteiger partial charge < -0.3 is 10.4 Å². The molecule has 0 fully saturated rings. The summed E-state index contributed by atoms with van der Waals surface area (Å²) in [5.41, 5.74) is 2.37. The maximum atomic E-state index is 13.2. The second kappa shape index (κ2) is 10.8. The van der Waals surface area contributed by atoms with Gasteiger partial charge in [-0.2, -0.15) is 0 Å². The van der Waals surface area contributed by atoms with E-state index in [1.165, 1.54) is 4.31 Å². The van der Waals surface area contributed by atoms with E-state index in [1.807, 2.05) is 36.4 Å². The number of hydrogen-bond donors (Lipinski definition) is 2. The highest BCUT2D eigenvalue weighted by atomic mass is 127. The number of unbranched alkanes of at least 4 members (excludes halogenated alkanes) is 3. The third-order valence-electron chi connectivity index (χ3n) is 5.18. The van der Waals surface area contributed by atoms with Gasteiger partial charge in [0, 0.05) is 17.0 Å². The number of benzene rings is 2. The zero-order valence-electron chi connectivity index (χ0n) is 16.7. The van der Waals surface area contributed by atoms with E-state index in [-0.39, 0.29) is 24.9 Å². The Kier molecular flexibility index (Phi) is 8.96. The molecule has 0 saturated carbocycles. The molecule has 0 bridgehead atoms. The van der Waals surface area contributed by atoms with E-state index in [1.54, 1.807) is 13.1 Å². The van der Waals surface area contributed by atoms with Crippen LogP contribution in [0.15, 0.2) is 47.4 Å². The number of nitrogens with zero attached hydrogens (tertiary/aromatic N) is 1. The molecular weight excluding hydrogens is 539 g/mol. The minimum Gasteiger partial charge on any atom is -0.481 e. The molecule has 0 aliphatic carbocycles. The number of nitrogens with one attached hydrogen (secondary N) is 1. The molecule has 1 aliphatic heterocycles. The molecule has 0 radical (unpaired) electrons. The number of aliphatic carboxylic acids is 1. The maximum absolute atomic E-state index is 13.2. The second-order valence-electron chi connectivity index (χ2n) is 7.16. The summed E-state index contributed by atoms with van der Waals surface area (Å²) in [5, 5.41) is 12.3. The first-order valence-electron chi connectivity index (χ1n) is 9.65. The summed E-state index contributed by atoms with van der Waals surface area (Å²) in [4.78, 5) is 10.9. The van der Waals surface area contributed by atoms with Crippen molar-refractivity contribution in [2.45, 2.75) is 43.0 Å². The van der Waals surface area contributed by atoms with Crippen molar-refractivity contribution in [1.29, 1.82) is 0 Å². The molecule has 0 saturated heterocycles. The normalized spacial score (nSPS) is 16.7. The summed E-state index contributed by atoms with van der Waals surface area (Å²) < 4.78 is 28.7. The smallest absolute Gasteiger partial charge is 0.303 e. The fraction of sp³-hybridized carbons (Fsp3) is 0.381. The van der Waals surface area contributed by atoms with E-state index in [2.05, 4.69) is 27.9 Å². The van der Waals surface area contributed by atoms with Gasteiger partial charge in [-0.3, -0.25) is 9.10 Å². The Morgan fingerprint density at radius 1 is 1.10 bits per heavy atom. The van der Waals surface area contributed by atoms with E-state index < -0.39 is 16.0 Å². The van der Waals surface area contributed by atoms with Crippen LogP contribution in [-0.2, 0) is 14.8 Å². The fourth-order valence-corrected chi connectivity index (χ4v) is 5.84. The monoisotopic (exact) mass is 564 g/mol. The van der Waals surface area contributed by atoms with Gasteiger partial charge in [0.25, 0.3) is 10.0 Å². The van der Waals surface area contributed by atoms with E-state index in [0.717, 1.165) is 40.5 Å². The molecular formula is C21H26ClIN2O4S. The zero-order valence-corrected chi connectivity index (χ0v) is 20.5. The first kappa shape index (κ1) is 24.9. The highest BCUT2D eigenvalue weighted by molar-refractivity contribution is 14.1. The first-order valence-corrected chi connectivity index (χ1v) is 12.2. The van der Waals surface area contributed by atoms with Crippen molar-refractivity contribution >= 4 is 56.7 Å². The number of hydrogen-bond acceptors (Lipinski definition) is 4. The highest BCUT2D eigenvalue weighted by Gasteiger charge is 2.34. The third kappa shape index (κ3) is 5.46. The van der Waals surface area contributed by atoms with Crippen molar-refractivity contribution in [3.63, 3.8) is 0 Å². The molecule has 6 nitrogen and oxygen atoms in total. The molecule has 30 heavy (non-hydrogen) atoms. The molecule has 2 N–H and O–H groups in total. The quantitative estimate of drug-likeness (QED) is 0.363. The maximum Gasteiger partial charge on any atom is 0.303 e. The SMILES string of the molecule is CN1c2ccccc2C(NCCCCCCC(=O)O)c2ccc(I)cc2S1(=O)=O.Cl. The molecule has 9 heteroatoms. The Bertz CT molecular complexity index is 1000. The Balaban J connectivity index is 0.00000320. The van der Waals surface area contributed by atoms with Crippen molar-refractivity contribution in [1.82, 2.24) is 5.32 Å². The van der Waals surface area contributed by atoms with Crippen LogP contribution in [0, 0.1) is 3.57 Å². The number of carbonyl (C=O) groups is 1. The third-order valence-corrected chi connectivity index (χ3v) is 7.68. The van der Waals surface area contributed by atoms with Gasteiger partial charge in [0.05, 0.1) is 16.6 Å². The van der Waals surface area contributed by atoms with E-state index in [4.69, 9.17) is 5.11 Å². The Morgan fingerprint density at radius 2 is 1.80 bits per heavy atom. The van der Waals surface area contributed by atoms with Crippen LogP contribution in [0.1, 0.15) is 49.3 Å². The summed E-state index contributed by atoms with van der Waals surface area (Å²) in [6, 6.07) is 12.9. The number of rotatable bonds is 8. The van der Waals surface area contributed by atoms with Crippen molar-refractivity contribution < 1.29 is 18.3 Å². The van der Waals surface area contributed by atoms with Crippen LogP contribution in [0.4, 0.5) is 5.69 Å². The van der Waals surface area contributed by atoms with Crippen LogP contribution in [0.3, 0.4) is 0 Å². The minimum absolute atomic E-state index is 0. The Morgan fingerprint density at radius 3 is 2.53 bits per heavy atom. The predicted octanol–water partition coefficient (Wildman–Crippen LogP) is 4.57. The van der Waals surface area contributed by atoms with Crippen LogP contribution < -0.4 is 9.62 Å². The fourth-order valence-electron chi connectivity index (χ4n) is 3.65. The van der Waals surface area contributed by atoms with Crippen LogP contribution >= 0.6 is 35.0 Å². The van der Waals surface area contributed by atoms with Crippen molar-refractivity contribution in [2.75, 3.05) is 17.9 Å². The Labute approximate surface area is 197 Å². The lowest BCUT2D eigenvalue weighted by Gasteiger charge is -2.22. The van der Waals surface area contributed by atoms with E-state index >= 15 is 0 Å². The molecule has 1 aliphatic rings. The molecule has 1 heterocycles. The highest BCUT2D eigenvalue weighted by Crippen LogP contribution is 2.40. The molecule has 0 amide bonds. The summed E-state index contributed by atoms with van der Waals surface area (Å²) in [6.45, 7) is 0.723. The van der Waals surface area contributed by atoms with Gasteiger partial charge in [-0.05, 0) is 71.3 Å². The second-order valence-corrected chi connectivity index (χ2v) is 10.3. The first-order chi connectivity index (χ1) is 13.8. The van der Waals surface area contributed by atoms with Gasteiger partial charge in [-0.1, -0.05) is 37.1 Å². The lowest BCUT2D eigenvalue weighted by molar-refractivity contribution is -0.137. The van der Waals surface area contributed by atoms with Gasteiger partial charge >= 0.3 is 5.97 Å². The summed E-state index contributed by atoms with van der Waals surface area (Å²) in [5.74, 6) is -0.755.